The maximum absolute atomic E-state index is 12.9. The lowest BCUT2D eigenvalue weighted by atomic mass is 10.1. The molecule has 1 aliphatic heterocycles. The van der Waals surface area contributed by atoms with Gasteiger partial charge in [-0.05, 0) is 49.1 Å². The van der Waals surface area contributed by atoms with Crippen LogP contribution in [0.15, 0.2) is 62.6 Å². The molecule has 1 aromatic heterocycles. The maximum atomic E-state index is 12.9. The van der Waals surface area contributed by atoms with Gasteiger partial charge in [-0.15, -0.1) is 0 Å². The normalized spacial score (nSPS) is 15.0. The zero-order chi connectivity index (χ0) is 24.8. The summed E-state index contributed by atoms with van der Waals surface area (Å²) in [6.07, 6.45) is 4.44. The topological polar surface area (TPSA) is 103 Å². The smallest absolute Gasteiger partial charge is 0.336 e. The number of rotatable bonds is 8. The average molecular weight is 500 g/mol. The molecular weight excluding hydrogens is 470 g/mol. The molecule has 0 atom stereocenters. The molecule has 2 heterocycles. The van der Waals surface area contributed by atoms with Gasteiger partial charge in [0.1, 0.15) is 17.9 Å². The van der Waals surface area contributed by atoms with E-state index in [0.29, 0.717) is 41.8 Å². The van der Waals surface area contributed by atoms with E-state index in [4.69, 9.17) is 13.9 Å². The monoisotopic (exact) mass is 499 g/mol. The third-order valence-corrected chi connectivity index (χ3v) is 8.08. The van der Waals surface area contributed by atoms with Crippen LogP contribution in [-0.2, 0) is 32.6 Å². The Bertz CT molecular complexity index is 1340. The average Bonchev–Trinajstić information content (AvgIpc) is 3.16. The summed E-state index contributed by atoms with van der Waals surface area (Å²) in [5, 5.41) is 0.666. The molecule has 1 fully saturated rings. The van der Waals surface area contributed by atoms with E-state index in [1.54, 1.807) is 46.8 Å². The number of methoxy groups -OCH3 is 1. The third kappa shape index (κ3) is 6.10. The molecule has 0 spiro atoms. The Labute approximate surface area is 204 Å². The highest BCUT2D eigenvalue weighted by atomic mass is 32.2. The van der Waals surface area contributed by atoms with Gasteiger partial charge in [-0.2, -0.15) is 4.31 Å². The van der Waals surface area contributed by atoms with Crippen LogP contribution in [0.4, 0.5) is 0 Å². The maximum Gasteiger partial charge on any atom is 0.336 e. The number of fused-ring (bicyclic) bond motifs is 1. The van der Waals surface area contributed by atoms with E-state index in [2.05, 4.69) is 0 Å². The number of aryl methyl sites for hydroxylation is 1. The van der Waals surface area contributed by atoms with Crippen LogP contribution in [0.3, 0.4) is 0 Å². The Morgan fingerprint density at radius 1 is 1.00 bits per heavy atom. The van der Waals surface area contributed by atoms with Gasteiger partial charge in [0.05, 0.1) is 12.0 Å². The number of hydrogen-bond donors (Lipinski definition) is 0. The highest BCUT2D eigenvalue weighted by Gasteiger charge is 2.25. The molecule has 0 amide bonds. The van der Waals surface area contributed by atoms with Crippen LogP contribution in [0.2, 0.25) is 0 Å². The van der Waals surface area contributed by atoms with Crippen LogP contribution < -0.4 is 10.4 Å². The molecule has 0 unspecified atom stereocenters. The fourth-order valence-corrected chi connectivity index (χ4v) is 5.71. The molecule has 0 bridgehead atoms. The third-order valence-electron chi connectivity index (χ3n) is 6.17. The molecule has 3 aromatic rings. The van der Waals surface area contributed by atoms with E-state index in [9.17, 15) is 18.0 Å². The number of benzene rings is 2. The SMILES string of the molecule is COc1ccc2c(COC(=O)CCc3ccc(S(=O)(=O)N4CCCCCC4)cc3)cc(=O)oc2c1. The van der Waals surface area contributed by atoms with Crippen LogP contribution in [0.5, 0.6) is 5.75 Å². The van der Waals surface area contributed by atoms with Gasteiger partial charge in [0.25, 0.3) is 0 Å². The number of carbonyl (C=O) groups is 1. The molecule has 4 rings (SSSR count). The lowest BCUT2D eigenvalue weighted by Gasteiger charge is -2.20. The molecule has 0 saturated carbocycles. The number of hydrogen-bond acceptors (Lipinski definition) is 7. The van der Waals surface area contributed by atoms with Crippen molar-refractivity contribution in [1.82, 2.24) is 4.31 Å². The molecule has 8 nitrogen and oxygen atoms in total. The second kappa shape index (κ2) is 11.0. The number of carbonyl (C=O) groups excluding carboxylic acids is 1. The standard InChI is InChI=1S/C26H29NO7S/c1-32-21-9-12-23-20(16-26(29)34-24(23)17-21)18-33-25(28)13-8-19-6-10-22(11-7-19)35(30,31)27-14-4-2-3-5-15-27/h6-7,9-12,16-17H,2-5,8,13-15,18H2,1H3. The van der Waals surface area contributed by atoms with Gasteiger partial charge in [0.15, 0.2) is 0 Å². The van der Waals surface area contributed by atoms with Gasteiger partial charge < -0.3 is 13.9 Å². The summed E-state index contributed by atoms with van der Waals surface area (Å²) in [6, 6.07) is 13.1. The van der Waals surface area contributed by atoms with E-state index >= 15 is 0 Å². The Morgan fingerprint density at radius 3 is 2.40 bits per heavy atom. The van der Waals surface area contributed by atoms with Crippen LogP contribution >= 0.6 is 0 Å². The molecule has 0 radical (unpaired) electrons. The van der Waals surface area contributed by atoms with E-state index in [1.165, 1.54) is 13.2 Å². The molecule has 186 valence electrons. The van der Waals surface area contributed by atoms with Crippen molar-refractivity contribution in [2.24, 2.45) is 0 Å². The minimum absolute atomic E-state index is 0.0553. The Kier molecular flexibility index (Phi) is 7.87. The number of esters is 1. The van der Waals surface area contributed by atoms with Crippen molar-refractivity contribution in [3.8, 4) is 5.75 Å². The number of ether oxygens (including phenoxy) is 2. The first kappa shape index (κ1) is 24.9. The fourth-order valence-electron chi connectivity index (χ4n) is 4.19. The minimum atomic E-state index is -3.50. The second-order valence-corrected chi connectivity index (χ2v) is 10.5. The van der Waals surface area contributed by atoms with Crippen molar-refractivity contribution >= 4 is 27.0 Å². The lowest BCUT2D eigenvalue weighted by Crippen LogP contribution is -2.31. The van der Waals surface area contributed by atoms with Crippen LogP contribution in [0, 0.1) is 0 Å². The van der Waals surface area contributed by atoms with E-state index < -0.39 is 21.6 Å². The van der Waals surface area contributed by atoms with Gasteiger partial charge in [0.2, 0.25) is 10.0 Å². The summed E-state index contributed by atoms with van der Waals surface area (Å²) in [4.78, 5) is 24.5. The molecule has 1 aliphatic rings. The molecule has 2 aromatic carbocycles. The first-order valence-corrected chi connectivity index (χ1v) is 13.2. The summed E-state index contributed by atoms with van der Waals surface area (Å²) in [6.45, 7) is 1.06. The van der Waals surface area contributed by atoms with Gasteiger partial charge in [-0.3, -0.25) is 4.79 Å². The summed E-state index contributed by atoms with van der Waals surface area (Å²) < 4.78 is 43.1. The van der Waals surface area contributed by atoms with Crippen LogP contribution in [0.25, 0.3) is 11.0 Å². The summed E-state index contributed by atoms with van der Waals surface area (Å²) in [7, 11) is -1.98. The molecule has 0 N–H and O–H groups in total. The Morgan fingerprint density at radius 2 is 1.71 bits per heavy atom. The van der Waals surface area contributed by atoms with E-state index in [0.717, 1.165) is 31.2 Å². The fraction of sp³-hybridized carbons (Fsp3) is 0.385. The molecular formula is C26H29NO7S. The van der Waals surface area contributed by atoms with Gasteiger partial charge >= 0.3 is 11.6 Å². The van der Waals surface area contributed by atoms with E-state index in [-0.39, 0.29) is 17.9 Å². The molecule has 9 heteroatoms. The van der Waals surface area contributed by atoms with Crippen molar-refractivity contribution in [3.63, 3.8) is 0 Å². The predicted octanol–water partition coefficient (Wildman–Crippen LogP) is 4.04. The molecule has 1 saturated heterocycles. The lowest BCUT2D eigenvalue weighted by molar-refractivity contribution is -0.144. The van der Waals surface area contributed by atoms with Crippen molar-refractivity contribution in [2.75, 3.05) is 20.2 Å². The van der Waals surface area contributed by atoms with Crippen molar-refractivity contribution in [2.45, 2.75) is 50.0 Å². The van der Waals surface area contributed by atoms with Crippen LogP contribution in [-0.4, -0.2) is 38.9 Å². The summed E-state index contributed by atoms with van der Waals surface area (Å²) in [5.41, 5.74) is 1.22. The number of nitrogens with zero attached hydrogens (tertiary/aromatic N) is 1. The largest absolute Gasteiger partial charge is 0.497 e. The van der Waals surface area contributed by atoms with Crippen LogP contribution in [0.1, 0.15) is 43.2 Å². The zero-order valence-corrected chi connectivity index (χ0v) is 20.5. The highest BCUT2D eigenvalue weighted by molar-refractivity contribution is 7.89. The Hall–Kier alpha value is -3.17. The van der Waals surface area contributed by atoms with E-state index in [1.807, 2.05) is 0 Å². The minimum Gasteiger partial charge on any atom is -0.497 e. The van der Waals surface area contributed by atoms with Gasteiger partial charge in [-0.25, -0.2) is 13.2 Å². The first-order chi connectivity index (χ1) is 16.9. The van der Waals surface area contributed by atoms with Crippen molar-refractivity contribution in [3.05, 3.63) is 70.1 Å². The molecule has 0 aliphatic carbocycles. The summed E-state index contributed by atoms with van der Waals surface area (Å²) in [5.74, 6) is 0.140. The second-order valence-electron chi connectivity index (χ2n) is 8.58. The van der Waals surface area contributed by atoms with Gasteiger partial charge in [0, 0.05) is 42.6 Å². The Balaban J connectivity index is 1.34. The summed E-state index contributed by atoms with van der Waals surface area (Å²) >= 11 is 0. The zero-order valence-electron chi connectivity index (χ0n) is 19.7. The number of sulfonamides is 1. The van der Waals surface area contributed by atoms with Crippen molar-refractivity contribution < 1.29 is 27.1 Å². The van der Waals surface area contributed by atoms with Crippen molar-refractivity contribution in [1.29, 1.82) is 0 Å². The predicted molar refractivity (Wildman–Crippen MR) is 131 cm³/mol. The molecule has 35 heavy (non-hydrogen) atoms. The highest BCUT2D eigenvalue weighted by Crippen LogP contribution is 2.24. The van der Waals surface area contributed by atoms with Gasteiger partial charge in [-0.1, -0.05) is 25.0 Å². The first-order valence-electron chi connectivity index (χ1n) is 11.7. The quantitative estimate of drug-likeness (QED) is 0.340.